The van der Waals surface area contributed by atoms with E-state index < -0.39 is 32.2 Å². The van der Waals surface area contributed by atoms with Crippen LogP contribution in [0.1, 0.15) is 136 Å². The zero-order chi connectivity index (χ0) is 29.3. The molecule has 9 heteroatoms. The quantitative estimate of drug-likeness (QED) is 0.112. The first-order valence-corrected chi connectivity index (χ1v) is 15.8. The lowest BCUT2D eigenvalue weighted by Gasteiger charge is -2.46. The standard InChI is InChI=1S/C28H60O8Si/c1-17-21(5)29-25(9,10)33-37(34-26(11,12)30-22(6)18-2,35-27(13,14)31-23(7)19-3)36-28(15,16)32-24(8)20-4/h21-24H,17-20H2,1-16H3. The predicted octanol–water partition coefficient (Wildman–Crippen LogP) is 7.69. The predicted molar refractivity (Wildman–Crippen MR) is 150 cm³/mol. The average Bonchev–Trinajstić information content (AvgIpc) is 2.69. The van der Waals surface area contributed by atoms with Crippen LogP contribution in [-0.2, 0) is 36.7 Å². The first-order chi connectivity index (χ1) is 16.6. The van der Waals surface area contributed by atoms with E-state index in [1.54, 1.807) is 0 Å². The Bertz CT molecular complexity index is 528. The Morgan fingerprint density at radius 3 is 0.703 bits per heavy atom. The van der Waals surface area contributed by atoms with Gasteiger partial charge in [-0.2, -0.15) is 0 Å². The molecule has 0 bridgehead atoms. The summed E-state index contributed by atoms with van der Waals surface area (Å²) in [5, 5.41) is 0. The fraction of sp³-hybridized carbons (Fsp3) is 1.00. The second kappa shape index (κ2) is 15.0. The SMILES string of the molecule is CCC(C)OC(C)(C)O[Si](OC(C)(C)OC(C)CC)(OC(C)(C)OC(C)CC)OC(C)(C)OC(C)CC. The van der Waals surface area contributed by atoms with Crippen LogP contribution in [0.25, 0.3) is 0 Å². The van der Waals surface area contributed by atoms with Gasteiger partial charge in [-0.05, 0) is 109 Å². The molecule has 0 fully saturated rings. The lowest BCUT2D eigenvalue weighted by atomic mass is 10.3. The van der Waals surface area contributed by atoms with Gasteiger partial charge < -0.3 is 36.7 Å². The zero-order valence-corrected chi connectivity index (χ0v) is 27.9. The minimum atomic E-state index is -4.16. The van der Waals surface area contributed by atoms with Gasteiger partial charge in [0.05, 0.1) is 24.4 Å². The van der Waals surface area contributed by atoms with Gasteiger partial charge in [-0.3, -0.25) is 0 Å². The number of rotatable bonds is 20. The number of hydrogen-bond donors (Lipinski definition) is 0. The summed E-state index contributed by atoms with van der Waals surface area (Å²) in [4.78, 5) is 0. The van der Waals surface area contributed by atoms with E-state index in [0.29, 0.717) is 0 Å². The van der Waals surface area contributed by atoms with Crippen LogP contribution in [0, 0.1) is 0 Å². The van der Waals surface area contributed by atoms with Crippen molar-refractivity contribution >= 4 is 9.05 Å². The van der Waals surface area contributed by atoms with Gasteiger partial charge in [0.15, 0.2) is 23.1 Å². The monoisotopic (exact) mass is 552 g/mol. The molecular weight excluding hydrogens is 492 g/mol. The molecule has 8 nitrogen and oxygen atoms in total. The molecule has 0 N–H and O–H groups in total. The van der Waals surface area contributed by atoms with E-state index in [1.807, 2.05) is 83.1 Å². The lowest BCUT2D eigenvalue weighted by molar-refractivity contribution is -0.323. The topological polar surface area (TPSA) is 73.8 Å². The molecule has 0 aliphatic heterocycles. The van der Waals surface area contributed by atoms with Gasteiger partial charge >= 0.3 is 9.05 Å². The summed E-state index contributed by atoms with van der Waals surface area (Å²) in [6.45, 7) is 30.9. The van der Waals surface area contributed by atoms with Gasteiger partial charge in [-0.1, -0.05) is 27.7 Å². The molecule has 4 atom stereocenters. The smallest absolute Gasteiger partial charge is 0.348 e. The Balaban J connectivity index is 6.73. The van der Waals surface area contributed by atoms with Gasteiger partial charge in [-0.25, -0.2) is 0 Å². The molecule has 0 aromatic heterocycles. The maximum atomic E-state index is 6.66. The molecule has 0 aliphatic rings. The summed E-state index contributed by atoms with van der Waals surface area (Å²) < 4.78 is 51.6. The molecule has 37 heavy (non-hydrogen) atoms. The van der Waals surface area contributed by atoms with Crippen molar-refractivity contribution in [1.29, 1.82) is 0 Å². The van der Waals surface area contributed by atoms with E-state index in [2.05, 4.69) is 27.7 Å². The summed E-state index contributed by atoms with van der Waals surface area (Å²) in [5.74, 6) is -4.42. The normalized spacial score (nSPS) is 18.8. The molecule has 0 aromatic rings. The molecule has 0 spiro atoms. The molecule has 0 saturated heterocycles. The third-order valence-corrected chi connectivity index (χ3v) is 8.69. The summed E-state index contributed by atoms with van der Waals surface area (Å²) in [7, 11) is -4.16. The molecule has 4 unspecified atom stereocenters. The molecule has 0 rings (SSSR count). The van der Waals surface area contributed by atoms with Crippen molar-refractivity contribution in [3.05, 3.63) is 0 Å². The van der Waals surface area contributed by atoms with Crippen LogP contribution in [0.15, 0.2) is 0 Å². The highest BCUT2D eigenvalue weighted by molar-refractivity contribution is 6.54. The van der Waals surface area contributed by atoms with Gasteiger partial charge in [0.25, 0.3) is 0 Å². The lowest BCUT2D eigenvalue weighted by Crippen LogP contribution is -2.65. The third kappa shape index (κ3) is 15.3. The van der Waals surface area contributed by atoms with Crippen molar-refractivity contribution in [3.8, 4) is 0 Å². The molecule has 0 saturated carbocycles. The van der Waals surface area contributed by atoms with Crippen molar-refractivity contribution in [2.75, 3.05) is 0 Å². The molecule has 0 radical (unpaired) electrons. The number of ether oxygens (including phenoxy) is 4. The number of hydrogen-bond acceptors (Lipinski definition) is 8. The van der Waals surface area contributed by atoms with E-state index in [0.717, 1.165) is 25.7 Å². The van der Waals surface area contributed by atoms with Crippen molar-refractivity contribution in [2.24, 2.45) is 0 Å². The van der Waals surface area contributed by atoms with Crippen LogP contribution in [0.3, 0.4) is 0 Å². The van der Waals surface area contributed by atoms with Gasteiger partial charge in [0, 0.05) is 0 Å². The first kappa shape index (κ1) is 36.9. The maximum absolute atomic E-state index is 6.66. The molecule has 0 aliphatic carbocycles. The molecular formula is C28H60O8Si. The van der Waals surface area contributed by atoms with E-state index >= 15 is 0 Å². The van der Waals surface area contributed by atoms with Crippen LogP contribution < -0.4 is 0 Å². The Kier molecular flexibility index (Phi) is 15.0. The summed E-state index contributed by atoms with van der Waals surface area (Å²) in [6, 6.07) is 0. The first-order valence-electron chi connectivity index (χ1n) is 14.2. The van der Waals surface area contributed by atoms with Gasteiger partial charge in [0.2, 0.25) is 0 Å². The third-order valence-electron chi connectivity index (χ3n) is 5.72. The average molecular weight is 553 g/mol. The minimum absolute atomic E-state index is 0.0557. The highest BCUT2D eigenvalue weighted by Crippen LogP contribution is 2.36. The highest BCUT2D eigenvalue weighted by atomic mass is 28.4. The second-order valence-corrected chi connectivity index (χ2v) is 13.7. The molecule has 0 amide bonds. The summed E-state index contributed by atoms with van der Waals surface area (Å²) in [5.41, 5.74) is 0. The Morgan fingerprint density at radius 1 is 0.405 bits per heavy atom. The molecule has 224 valence electrons. The second-order valence-electron chi connectivity index (χ2n) is 11.9. The minimum Gasteiger partial charge on any atom is -0.348 e. The van der Waals surface area contributed by atoms with E-state index in [1.165, 1.54) is 0 Å². The van der Waals surface area contributed by atoms with E-state index in [-0.39, 0.29) is 24.4 Å². The Labute approximate surface area is 229 Å². The van der Waals surface area contributed by atoms with E-state index in [4.69, 9.17) is 36.7 Å². The van der Waals surface area contributed by atoms with Crippen LogP contribution in [0.2, 0.25) is 0 Å². The van der Waals surface area contributed by atoms with Crippen molar-refractivity contribution in [2.45, 2.75) is 184 Å². The van der Waals surface area contributed by atoms with Crippen molar-refractivity contribution < 1.29 is 36.7 Å². The summed E-state index contributed by atoms with van der Waals surface area (Å²) >= 11 is 0. The molecule has 0 aromatic carbocycles. The van der Waals surface area contributed by atoms with Gasteiger partial charge in [0.1, 0.15) is 0 Å². The van der Waals surface area contributed by atoms with E-state index in [9.17, 15) is 0 Å². The largest absolute Gasteiger partial charge is 0.688 e. The van der Waals surface area contributed by atoms with Gasteiger partial charge in [-0.15, -0.1) is 0 Å². The highest BCUT2D eigenvalue weighted by Gasteiger charge is 2.60. The Morgan fingerprint density at radius 2 is 0.568 bits per heavy atom. The van der Waals surface area contributed by atoms with Crippen molar-refractivity contribution in [1.82, 2.24) is 0 Å². The van der Waals surface area contributed by atoms with Crippen LogP contribution in [0.5, 0.6) is 0 Å². The molecule has 0 heterocycles. The zero-order valence-electron chi connectivity index (χ0n) is 26.9. The van der Waals surface area contributed by atoms with Crippen LogP contribution in [-0.4, -0.2) is 56.6 Å². The van der Waals surface area contributed by atoms with Crippen LogP contribution in [0.4, 0.5) is 0 Å². The van der Waals surface area contributed by atoms with Crippen molar-refractivity contribution in [3.63, 3.8) is 0 Å². The maximum Gasteiger partial charge on any atom is 0.688 e. The van der Waals surface area contributed by atoms with Crippen LogP contribution >= 0.6 is 0 Å². The fourth-order valence-electron chi connectivity index (χ4n) is 3.70. The summed E-state index contributed by atoms with van der Waals surface area (Å²) in [6.07, 6.45) is 3.05. The Hall–Kier alpha value is -0.103. The fourth-order valence-corrected chi connectivity index (χ4v) is 6.55.